The van der Waals surface area contributed by atoms with Gasteiger partial charge in [-0.2, -0.15) is 0 Å². The van der Waals surface area contributed by atoms with Crippen molar-refractivity contribution in [3.8, 4) is 0 Å². The smallest absolute Gasteiger partial charge is 0.261 e. The summed E-state index contributed by atoms with van der Waals surface area (Å²) in [6.07, 6.45) is 9.81. The van der Waals surface area contributed by atoms with Gasteiger partial charge >= 0.3 is 0 Å². The van der Waals surface area contributed by atoms with Gasteiger partial charge in [0.25, 0.3) is 5.56 Å². The zero-order valence-electron chi connectivity index (χ0n) is 15.7. The predicted octanol–water partition coefficient (Wildman–Crippen LogP) is 4.58. The van der Waals surface area contributed by atoms with Crippen molar-refractivity contribution in [1.82, 2.24) is 9.55 Å². The van der Waals surface area contributed by atoms with Crippen molar-refractivity contribution >= 4 is 34.7 Å². The predicted molar refractivity (Wildman–Crippen MR) is 113 cm³/mol. The molecular formula is C22H24ClN3O2. The topological polar surface area (TPSA) is 74.1 Å². The van der Waals surface area contributed by atoms with Gasteiger partial charge in [0.2, 0.25) is 0 Å². The van der Waals surface area contributed by atoms with Crippen LogP contribution in [0.1, 0.15) is 37.3 Å². The van der Waals surface area contributed by atoms with E-state index in [2.05, 4.69) is 0 Å². The Hall–Kier alpha value is -2.37. The molecule has 28 heavy (non-hydrogen) atoms. The molecule has 2 N–H and O–H groups in total. The SMILES string of the molecule is NCC1CCCC(Cn2c(/C=C/c3ccco3)nc3cc(Cl)ccc3c2=O)C1. The summed E-state index contributed by atoms with van der Waals surface area (Å²) >= 11 is 6.12. The minimum absolute atomic E-state index is 0.0318. The van der Waals surface area contributed by atoms with E-state index in [1.165, 1.54) is 6.42 Å². The van der Waals surface area contributed by atoms with E-state index in [4.69, 9.17) is 26.7 Å². The second kappa shape index (κ2) is 8.33. The summed E-state index contributed by atoms with van der Waals surface area (Å²) in [6, 6.07) is 8.92. The van der Waals surface area contributed by atoms with Crippen LogP contribution >= 0.6 is 11.6 Å². The highest BCUT2D eigenvalue weighted by molar-refractivity contribution is 6.31. The molecule has 5 nitrogen and oxygen atoms in total. The van der Waals surface area contributed by atoms with Gasteiger partial charge in [0.15, 0.2) is 0 Å². The number of nitrogens with two attached hydrogens (primary N) is 1. The Kier molecular flexibility index (Phi) is 5.64. The average Bonchev–Trinajstić information content (AvgIpc) is 3.22. The molecule has 0 radical (unpaired) electrons. The number of hydrogen-bond donors (Lipinski definition) is 1. The number of nitrogens with zero attached hydrogens (tertiary/aromatic N) is 2. The molecule has 0 aliphatic heterocycles. The molecule has 2 unspecified atom stereocenters. The molecule has 0 spiro atoms. The lowest BCUT2D eigenvalue weighted by Gasteiger charge is -2.29. The monoisotopic (exact) mass is 397 g/mol. The standard InChI is InChI=1S/C22H24ClN3O2/c23-17-6-8-19-20(12-17)25-21(9-7-18-5-2-10-28-18)26(22(19)27)14-16-4-1-3-15(11-16)13-24/h2,5-10,12,15-16H,1,3-4,11,13-14,24H2/b9-7+. The van der Waals surface area contributed by atoms with Gasteiger partial charge in [-0.25, -0.2) is 4.98 Å². The molecule has 2 heterocycles. The first-order valence-corrected chi connectivity index (χ1v) is 10.1. The molecule has 146 valence electrons. The van der Waals surface area contributed by atoms with Crippen LogP contribution in [0.15, 0.2) is 45.8 Å². The molecule has 0 bridgehead atoms. The van der Waals surface area contributed by atoms with E-state index >= 15 is 0 Å². The molecular weight excluding hydrogens is 374 g/mol. The summed E-state index contributed by atoms with van der Waals surface area (Å²) < 4.78 is 7.16. The Bertz CT molecular complexity index is 1040. The molecule has 4 rings (SSSR count). The van der Waals surface area contributed by atoms with Crippen molar-refractivity contribution in [3.05, 3.63) is 63.6 Å². The van der Waals surface area contributed by atoms with Gasteiger partial charge < -0.3 is 10.2 Å². The molecule has 1 saturated carbocycles. The molecule has 6 heteroatoms. The summed E-state index contributed by atoms with van der Waals surface area (Å²) in [6.45, 7) is 1.36. The largest absolute Gasteiger partial charge is 0.465 e. The number of aromatic nitrogens is 2. The maximum absolute atomic E-state index is 13.2. The van der Waals surface area contributed by atoms with Crippen LogP contribution in [0, 0.1) is 11.8 Å². The quantitative estimate of drug-likeness (QED) is 0.683. The molecule has 0 amide bonds. The van der Waals surface area contributed by atoms with E-state index in [0.717, 1.165) is 19.3 Å². The molecule has 1 fully saturated rings. The second-order valence-corrected chi connectivity index (χ2v) is 7.97. The van der Waals surface area contributed by atoms with Gasteiger partial charge in [0, 0.05) is 11.6 Å². The highest BCUT2D eigenvalue weighted by atomic mass is 35.5. The van der Waals surface area contributed by atoms with E-state index in [1.54, 1.807) is 29.0 Å². The third-order valence-electron chi connectivity index (χ3n) is 5.55. The minimum Gasteiger partial charge on any atom is -0.465 e. The van der Waals surface area contributed by atoms with Crippen molar-refractivity contribution in [3.63, 3.8) is 0 Å². The highest BCUT2D eigenvalue weighted by Gasteiger charge is 2.23. The number of furan rings is 1. The third-order valence-corrected chi connectivity index (χ3v) is 5.79. The zero-order valence-corrected chi connectivity index (χ0v) is 16.4. The number of halogens is 1. The van der Waals surface area contributed by atoms with Crippen LogP contribution in [0.4, 0.5) is 0 Å². The van der Waals surface area contributed by atoms with Crippen molar-refractivity contribution < 1.29 is 4.42 Å². The van der Waals surface area contributed by atoms with Crippen molar-refractivity contribution in [2.45, 2.75) is 32.2 Å². The molecule has 1 aliphatic carbocycles. The normalized spacial score (nSPS) is 20.2. The van der Waals surface area contributed by atoms with Crippen LogP contribution in [-0.4, -0.2) is 16.1 Å². The Morgan fingerprint density at radius 2 is 2.11 bits per heavy atom. The van der Waals surface area contributed by atoms with Crippen LogP contribution < -0.4 is 11.3 Å². The summed E-state index contributed by atoms with van der Waals surface area (Å²) in [4.78, 5) is 18.0. The van der Waals surface area contributed by atoms with E-state index in [-0.39, 0.29) is 5.56 Å². The minimum atomic E-state index is -0.0318. The van der Waals surface area contributed by atoms with Crippen LogP contribution in [0.3, 0.4) is 0 Å². The van der Waals surface area contributed by atoms with E-state index in [1.807, 2.05) is 24.3 Å². The third kappa shape index (κ3) is 4.05. The fourth-order valence-corrected chi connectivity index (χ4v) is 4.26. The van der Waals surface area contributed by atoms with Crippen LogP contribution in [0.2, 0.25) is 5.02 Å². The number of rotatable bonds is 5. The summed E-state index contributed by atoms with van der Waals surface area (Å²) in [5.41, 5.74) is 6.47. The second-order valence-electron chi connectivity index (χ2n) is 7.53. The fourth-order valence-electron chi connectivity index (χ4n) is 4.10. The first-order valence-electron chi connectivity index (χ1n) is 9.76. The van der Waals surface area contributed by atoms with Crippen molar-refractivity contribution in [2.24, 2.45) is 17.6 Å². The number of hydrogen-bond acceptors (Lipinski definition) is 4. The van der Waals surface area contributed by atoms with Crippen molar-refractivity contribution in [1.29, 1.82) is 0 Å². The summed E-state index contributed by atoms with van der Waals surface area (Å²) in [5, 5.41) is 1.15. The number of benzene rings is 1. The number of fused-ring (bicyclic) bond motifs is 1. The Labute approximate surface area is 168 Å². The van der Waals surface area contributed by atoms with Gasteiger partial charge in [0.05, 0.1) is 17.2 Å². The molecule has 1 aromatic carbocycles. The lowest BCUT2D eigenvalue weighted by atomic mass is 9.81. The van der Waals surface area contributed by atoms with Crippen LogP contribution in [0.5, 0.6) is 0 Å². The maximum Gasteiger partial charge on any atom is 0.261 e. The molecule has 1 aliphatic rings. The average molecular weight is 398 g/mol. The van der Waals surface area contributed by atoms with Gasteiger partial charge in [-0.3, -0.25) is 9.36 Å². The molecule has 3 aromatic rings. The molecule has 2 atom stereocenters. The van der Waals surface area contributed by atoms with E-state index in [0.29, 0.717) is 52.4 Å². The molecule has 2 aromatic heterocycles. The lowest BCUT2D eigenvalue weighted by molar-refractivity contribution is 0.245. The Morgan fingerprint density at radius 3 is 2.89 bits per heavy atom. The van der Waals surface area contributed by atoms with Crippen molar-refractivity contribution in [2.75, 3.05) is 6.54 Å². The van der Waals surface area contributed by atoms with E-state index in [9.17, 15) is 4.79 Å². The van der Waals surface area contributed by atoms with Crippen LogP contribution in [0.25, 0.3) is 23.1 Å². The lowest BCUT2D eigenvalue weighted by Crippen LogP contribution is -2.31. The summed E-state index contributed by atoms with van der Waals surface area (Å²) in [7, 11) is 0. The first-order chi connectivity index (χ1) is 13.6. The zero-order chi connectivity index (χ0) is 19.5. The van der Waals surface area contributed by atoms with E-state index < -0.39 is 0 Å². The van der Waals surface area contributed by atoms with Gasteiger partial charge in [0.1, 0.15) is 11.6 Å². The Morgan fingerprint density at radius 1 is 1.25 bits per heavy atom. The fraction of sp³-hybridized carbons (Fsp3) is 0.364. The van der Waals surface area contributed by atoms with Gasteiger partial charge in [-0.15, -0.1) is 0 Å². The van der Waals surface area contributed by atoms with Gasteiger partial charge in [-0.05, 0) is 80.1 Å². The van der Waals surface area contributed by atoms with Crippen LogP contribution in [-0.2, 0) is 6.54 Å². The highest BCUT2D eigenvalue weighted by Crippen LogP contribution is 2.29. The van der Waals surface area contributed by atoms with Gasteiger partial charge in [-0.1, -0.05) is 18.0 Å². The Balaban J connectivity index is 1.75. The summed E-state index contributed by atoms with van der Waals surface area (Å²) in [5.74, 6) is 2.31. The maximum atomic E-state index is 13.2. The first kappa shape index (κ1) is 19.0. The molecule has 0 saturated heterocycles.